The van der Waals surface area contributed by atoms with Gasteiger partial charge < -0.3 is 0 Å². The molecule has 0 saturated heterocycles. The second-order valence-electron chi connectivity index (χ2n) is 25.3. The highest BCUT2D eigenvalue weighted by Crippen LogP contribution is 2.89. The Bertz CT molecular complexity index is 3810. The molecule has 6 atom stereocenters. The van der Waals surface area contributed by atoms with Crippen molar-refractivity contribution in [3.8, 4) is 22.3 Å². The fraction of sp³-hybridized carbons (Fsp3) is 0.221. The molecule has 0 N–H and O–H groups in total. The lowest BCUT2D eigenvalue weighted by molar-refractivity contribution is -0.199. The Balaban J connectivity index is 0.789. The maximum Gasteiger partial charge on any atom is 0.242 e. The van der Waals surface area contributed by atoms with Crippen LogP contribution in [0.15, 0.2) is 231 Å². The van der Waals surface area contributed by atoms with E-state index in [-0.39, 0.29) is 23.5 Å². The molecule has 0 heterocycles. The molecule has 0 nitrogen and oxygen atoms in total. The van der Waals surface area contributed by atoms with E-state index >= 15 is 0 Å². The number of hydrogen-bond acceptors (Lipinski definition) is 0. The molecule has 6 unspecified atom stereocenters. The van der Waals surface area contributed by atoms with Crippen LogP contribution in [0.1, 0.15) is 99.2 Å². The van der Waals surface area contributed by atoms with Gasteiger partial charge in [0.25, 0.3) is 0 Å². The van der Waals surface area contributed by atoms with E-state index in [1.54, 1.807) is 11.1 Å². The van der Waals surface area contributed by atoms with Crippen molar-refractivity contribution < 1.29 is 0 Å². The van der Waals surface area contributed by atoms with E-state index in [4.69, 9.17) is 0 Å². The third kappa shape index (κ3) is 6.99. The molecule has 79 heavy (non-hydrogen) atoms. The smallest absolute Gasteiger partial charge is 0.0680 e. The van der Waals surface area contributed by atoms with Gasteiger partial charge in [0, 0.05) is 11.3 Å². The first-order valence-corrected chi connectivity index (χ1v) is 31.4. The Morgan fingerprint density at radius 1 is 0.405 bits per heavy atom. The van der Waals surface area contributed by atoms with Crippen LogP contribution in [0.2, 0.25) is 0 Å². The second-order valence-corrected chi connectivity index (χ2v) is 29.2. The first kappa shape index (κ1) is 48.6. The Hall–Kier alpha value is -7.52. The van der Waals surface area contributed by atoms with Gasteiger partial charge in [-0.1, -0.05) is 274 Å². The van der Waals surface area contributed by atoms with Crippen LogP contribution in [0, 0.1) is 58.8 Å². The minimum atomic E-state index is -2.60. The summed E-state index contributed by atoms with van der Waals surface area (Å²) in [6.07, 6.45) is 6.73. The maximum atomic E-state index is 2.59. The summed E-state index contributed by atoms with van der Waals surface area (Å²) < 4.78 is 0. The molecule has 0 radical (unpaired) electrons. The number of rotatable bonds is 11. The van der Waals surface area contributed by atoms with Gasteiger partial charge in [-0.05, 0) is 173 Å². The Kier molecular flexibility index (Phi) is 11.1. The van der Waals surface area contributed by atoms with E-state index in [1.165, 1.54) is 142 Å². The lowest BCUT2D eigenvalue weighted by atomic mass is 9.30. The van der Waals surface area contributed by atoms with Crippen molar-refractivity contribution in [1.29, 1.82) is 0 Å². The number of benzene rings is 10. The standard InChI is InChI=1S/C77H69BSi/c1-50-39-52(3)73(53(4)40-50)78(74-54(5)41-51(2)42-55(74)6)63-34-38-69-71(45-63)70-43-58(29-37-68(70)72(69)57-19-11-7-12-20-57)56-27-30-60(31-28-56)76-47-62-44-61-46-75(48-76,49-77(61,62)76)59-32-35-67(36-33-59)79(64-21-13-8-14-22-64,65-23-15-9-16-24-65)66-25-17-10-18-26-66/h7-43,45,61-62,72H,44,46-49H2,1-6H3. The molecule has 10 aromatic rings. The third-order valence-corrected chi connectivity index (χ3v) is 26.1. The van der Waals surface area contributed by atoms with Crippen LogP contribution >= 0.6 is 0 Å². The first-order chi connectivity index (χ1) is 38.5. The van der Waals surface area contributed by atoms with Crippen molar-refractivity contribution in [2.45, 2.75) is 90.4 Å². The first-order valence-electron chi connectivity index (χ1n) is 29.4. The van der Waals surface area contributed by atoms with E-state index < -0.39 is 8.07 Å². The van der Waals surface area contributed by atoms with E-state index in [0.29, 0.717) is 5.41 Å². The lowest BCUT2D eigenvalue weighted by Gasteiger charge is -2.73. The van der Waals surface area contributed by atoms with Gasteiger partial charge in [0.05, 0.1) is 0 Å². The summed E-state index contributed by atoms with van der Waals surface area (Å²) in [5.74, 6) is 1.87. The fourth-order valence-electron chi connectivity index (χ4n) is 18.6. The van der Waals surface area contributed by atoms with Crippen LogP contribution in [-0.2, 0) is 10.8 Å². The summed E-state index contributed by atoms with van der Waals surface area (Å²) in [7, 11) is -2.60. The van der Waals surface area contributed by atoms with Gasteiger partial charge in [-0.15, -0.1) is 0 Å². The summed E-state index contributed by atoms with van der Waals surface area (Å²) >= 11 is 0. The van der Waals surface area contributed by atoms with Gasteiger partial charge in [-0.25, -0.2) is 0 Å². The summed E-state index contributed by atoms with van der Waals surface area (Å²) in [5, 5.41) is 5.78. The van der Waals surface area contributed by atoms with Crippen molar-refractivity contribution in [3.05, 3.63) is 292 Å². The zero-order chi connectivity index (χ0) is 53.4. The average molecular weight is 1030 g/mol. The molecule has 10 aromatic carbocycles. The van der Waals surface area contributed by atoms with E-state index in [2.05, 4.69) is 272 Å². The number of fused-ring (bicyclic) bond motifs is 4. The molecule has 2 heteroatoms. The summed E-state index contributed by atoms with van der Waals surface area (Å²) in [5.41, 5.74) is 26.0. The van der Waals surface area contributed by atoms with Gasteiger partial charge in [0.1, 0.15) is 0 Å². The molecule has 15 rings (SSSR count). The van der Waals surface area contributed by atoms with Gasteiger partial charge >= 0.3 is 0 Å². The topological polar surface area (TPSA) is 0 Å². The normalized spacial score (nSPS) is 22.8. The Morgan fingerprint density at radius 2 is 0.861 bits per heavy atom. The predicted molar refractivity (Wildman–Crippen MR) is 337 cm³/mol. The molecule has 1 spiro atoms. The molecular formula is C77H69BSi. The molecule has 384 valence electrons. The van der Waals surface area contributed by atoms with Crippen molar-refractivity contribution in [1.82, 2.24) is 0 Å². The maximum absolute atomic E-state index is 2.60. The van der Waals surface area contributed by atoms with Crippen molar-refractivity contribution in [3.63, 3.8) is 0 Å². The van der Waals surface area contributed by atoms with Crippen LogP contribution in [0.5, 0.6) is 0 Å². The number of hydrogen-bond donors (Lipinski definition) is 0. The van der Waals surface area contributed by atoms with Gasteiger partial charge in [0.2, 0.25) is 6.71 Å². The predicted octanol–water partition coefficient (Wildman–Crippen LogP) is 13.7. The quantitative estimate of drug-likeness (QED) is 0.0895. The largest absolute Gasteiger partial charge is 0.242 e. The minimum absolute atomic E-state index is 0.117. The van der Waals surface area contributed by atoms with Crippen LogP contribution < -0.4 is 37.1 Å². The highest BCUT2D eigenvalue weighted by Gasteiger charge is 2.84. The Labute approximate surface area is 470 Å². The molecule has 5 aliphatic carbocycles. The fourth-order valence-corrected chi connectivity index (χ4v) is 23.3. The van der Waals surface area contributed by atoms with Crippen molar-refractivity contribution in [2.75, 3.05) is 0 Å². The van der Waals surface area contributed by atoms with Gasteiger partial charge in [-0.3, -0.25) is 0 Å². The second kappa shape index (κ2) is 18.0. The van der Waals surface area contributed by atoms with E-state index in [1.807, 2.05) is 0 Å². The third-order valence-electron chi connectivity index (χ3n) is 21.3. The summed E-state index contributed by atoms with van der Waals surface area (Å²) in [6.45, 7) is 13.9. The van der Waals surface area contributed by atoms with Crippen LogP contribution in [0.3, 0.4) is 0 Å². The van der Waals surface area contributed by atoms with Crippen LogP contribution in [-0.4, -0.2) is 14.8 Å². The monoisotopic (exact) mass is 1030 g/mol. The van der Waals surface area contributed by atoms with E-state index in [9.17, 15) is 0 Å². The minimum Gasteiger partial charge on any atom is -0.0680 e. The highest BCUT2D eigenvalue weighted by atomic mass is 28.3. The molecule has 4 saturated carbocycles. The molecular weight excluding hydrogens is 964 g/mol. The zero-order valence-electron chi connectivity index (χ0n) is 46.8. The summed E-state index contributed by atoms with van der Waals surface area (Å²) in [6, 6.07) is 90.3. The van der Waals surface area contributed by atoms with Crippen LogP contribution in [0.25, 0.3) is 22.3 Å². The molecule has 0 aliphatic heterocycles. The molecule has 2 bridgehead atoms. The summed E-state index contributed by atoms with van der Waals surface area (Å²) in [4.78, 5) is 0. The molecule has 4 fully saturated rings. The number of aryl methyl sites for hydroxylation is 6. The SMILES string of the molecule is Cc1cc(C)c(B(c2ccc3c(c2)-c2cc(-c4ccc(C56CC7CC8CC(c9ccc([Si](c%10ccccc%10)(c%10ccccc%10)c%10ccccc%10)cc9)(C5)CC876)cc4)ccc2C3c2ccccc2)c2c(C)cc(C)cc2C)c(C)c1. The highest BCUT2D eigenvalue weighted by molar-refractivity contribution is 7.19. The van der Waals surface area contributed by atoms with Crippen LogP contribution in [0.4, 0.5) is 0 Å². The van der Waals surface area contributed by atoms with Gasteiger partial charge in [0.15, 0.2) is 8.07 Å². The molecule has 0 aromatic heterocycles. The molecule has 5 aliphatic rings. The molecule has 0 amide bonds. The Morgan fingerprint density at radius 3 is 1.39 bits per heavy atom. The average Bonchev–Trinajstić information content (AvgIpc) is 1.53. The van der Waals surface area contributed by atoms with Crippen molar-refractivity contribution >= 4 is 51.9 Å². The van der Waals surface area contributed by atoms with Crippen molar-refractivity contribution in [2.24, 2.45) is 17.3 Å². The van der Waals surface area contributed by atoms with Gasteiger partial charge in [-0.2, -0.15) is 0 Å². The zero-order valence-corrected chi connectivity index (χ0v) is 47.8. The van der Waals surface area contributed by atoms with E-state index in [0.717, 1.165) is 11.8 Å². The lowest BCUT2D eigenvalue weighted by Crippen LogP contribution is -2.74.